The first-order valence-electron chi connectivity index (χ1n) is 10.5. The topological polar surface area (TPSA) is 111 Å². The zero-order chi connectivity index (χ0) is 22.7. The standard InChI is InChI=1S/C24H26N4O4/c1-15-8-10-28(11-9-15)20-7-6-17(13-19(20)23(25)29)27-24(30)21-22(32-14-26-21)16-4-3-5-18(12-16)31-2/h3-7,12-15H,8-11H2,1-2H3,(H2,25,29)(H,27,30). The monoisotopic (exact) mass is 434 g/mol. The Morgan fingerprint density at radius 2 is 1.97 bits per heavy atom. The number of nitrogens with two attached hydrogens (primary N) is 1. The molecule has 3 N–H and O–H groups in total. The molecule has 1 aromatic heterocycles. The molecule has 1 saturated heterocycles. The largest absolute Gasteiger partial charge is 0.497 e. The number of hydrogen-bond acceptors (Lipinski definition) is 6. The predicted molar refractivity (Wildman–Crippen MR) is 122 cm³/mol. The summed E-state index contributed by atoms with van der Waals surface area (Å²) in [5.41, 5.74) is 8.08. The number of ether oxygens (including phenoxy) is 1. The van der Waals surface area contributed by atoms with Crippen molar-refractivity contribution in [3.8, 4) is 17.1 Å². The molecule has 3 aromatic rings. The van der Waals surface area contributed by atoms with Crippen LogP contribution in [0.25, 0.3) is 11.3 Å². The van der Waals surface area contributed by atoms with Gasteiger partial charge in [-0.15, -0.1) is 0 Å². The summed E-state index contributed by atoms with van der Waals surface area (Å²) in [7, 11) is 1.57. The van der Waals surface area contributed by atoms with Gasteiger partial charge in [0.15, 0.2) is 17.8 Å². The molecule has 8 nitrogen and oxygen atoms in total. The molecule has 2 amide bonds. The quantitative estimate of drug-likeness (QED) is 0.608. The predicted octanol–water partition coefficient (Wildman–Crippen LogP) is 3.94. The Morgan fingerprint density at radius 3 is 2.69 bits per heavy atom. The van der Waals surface area contributed by atoms with E-state index in [1.54, 1.807) is 43.5 Å². The van der Waals surface area contributed by atoms with E-state index in [4.69, 9.17) is 14.9 Å². The highest BCUT2D eigenvalue weighted by Crippen LogP contribution is 2.30. The van der Waals surface area contributed by atoms with Gasteiger partial charge in [-0.3, -0.25) is 9.59 Å². The molecule has 1 aliphatic heterocycles. The number of aromatic nitrogens is 1. The van der Waals surface area contributed by atoms with Crippen LogP contribution in [0.4, 0.5) is 11.4 Å². The Labute approximate surface area is 186 Å². The highest BCUT2D eigenvalue weighted by Gasteiger charge is 2.22. The van der Waals surface area contributed by atoms with E-state index < -0.39 is 11.8 Å². The third-order valence-electron chi connectivity index (χ3n) is 5.76. The summed E-state index contributed by atoms with van der Waals surface area (Å²) in [4.78, 5) is 31.3. The molecule has 1 aliphatic rings. The molecular formula is C24H26N4O4. The number of nitrogens with one attached hydrogen (secondary N) is 1. The lowest BCUT2D eigenvalue weighted by Crippen LogP contribution is -2.34. The second kappa shape index (κ2) is 9.13. The number of benzene rings is 2. The minimum absolute atomic E-state index is 0.132. The van der Waals surface area contributed by atoms with Crippen LogP contribution in [0.5, 0.6) is 5.75 Å². The number of primary amides is 1. The maximum atomic E-state index is 12.9. The van der Waals surface area contributed by atoms with Crippen LogP contribution in [0, 0.1) is 5.92 Å². The minimum Gasteiger partial charge on any atom is -0.497 e. The van der Waals surface area contributed by atoms with Crippen LogP contribution in [0.15, 0.2) is 53.3 Å². The van der Waals surface area contributed by atoms with Crippen molar-refractivity contribution in [1.29, 1.82) is 0 Å². The van der Waals surface area contributed by atoms with Crippen LogP contribution in [0.3, 0.4) is 0 Å². The van der Waals surface area contributed by atoms with Gasteiger partial charge in [-0.2, -0.15) is 0 Å². The van der Waals surface area contributed by atoms with Crippen LogP contribution in [0.2, 0.25) is 0 Å². The van der Waals surface area contributed by atoms with Gasteiger partial charge in [-0.05, 0) is 49.1 Å². The summed E-state index contributed by atoms with van der Waals surface area (Å²) in [6.07, 6.45) is 3.35. The maximum Gasteiger partial charge on any atom is 0.278 e. The molecule has 2 aromatic carbocycles. The maximum absolute atomic E-state index is 12.9. The van der Waals surface area contributed by atoms with Crippen LogP contribution in [-0.4, -0.2) is 37.0 Å². The molecule has 0 spiro atoms. The molecule has 166 valence electrons. The molecule has 0 radical (unpaired) electrons. The fraction of sp³-hybridized carbons (Fsp3) is 0.292. The van der Waals surface area contributed by atoms with E-state index in [9.17, 15) is 9.59 Å². The number of anilines is 2. The van der Waals surface area contributed by atoms with E-state index in [-0.39, 0.29) is 5.69 Å². The average Bonchev–Trinajstić information content (AvgIpc) is 3.30. The lowest BCUT2D eigenvalue weighted by atomic mass is 9.98. The number of methoxy groups -OCH3 is 1. The van der Waals surface area contributed by atoms with E-state index in [0.29, 0.717) is 34.2 Å². The van der Waals surface area contributed by atoms with Crippen molar-refractivity contribution in [1.82, 2.24) is 4.98 Å². The average molecular weight is 434 g/mol. The van der Waals surface area contributed by atoms with Crippen molar-refractivity contribution in [2.24, 2.45) is 11.7 Å². The van der Waals surface area contributed by atoms with E-state index in [2.05, 4.69) is 22.1 Å². The highest BCUT2D eigenvalue weighted by molar-refractivity contribution is 6.07. The summed E-state index contributed by atoms with van der Waals surface area (Å²) in [6.45, 7) is 3.97. The van der Waals surface area contributed by atoms with E-state index in [1.807, 2.05) is 6.07 Å². The van der Waals surface area contributed by atoms with E-state index in [0.717, 1.165) is 31.6 Å². The Hall–Kier alpha value is -3.81. The normalized spacial score (nSPS) is 14.2. The van der Waals surface area contributed by atoms with Crippen molar-refractivity contribution < 1.29 is 18.7 Å². The number of piperidine rings is 1. The number of carbonyl (C=O) groups excluding carboxylic acids is 2. The minimum atomic E-state index is -0.534. The number of amides is 2. The molecule has 32 heavy (non-hydrogen) atoms. The lowest BCUT2D eigenvalue weighted by molar-refractivity contribution is 0.0996. The molecule has 2 heterocycles. The molecule has 4 rings (SSSR count). The van der Waals surface area contributed by atoms with Crippen LogP contribution in [-0.2, 0) is 0 Å². The van der Waals surface area contributed by atoms with Crippen LogP contribution >= 0.6 is 0 Å². The van der Waals surface area contributed by atoms with Crippen molar-refractivity contribution in [2.75, 3.05) is 30.4 Å². The third-order valence-corrected chi connectivity index (χ3v) is 5.76. The summed E-state index contributed by atoms with van der Waals surface area (Å²) in [6, 6.07) is 12.4. The SMILES string of the molecule is COc1cccc(-c2ocnc2C(=O)Nc2ccc(N3CCC(C)CC3)c(C(N)=O)c2)c1. The Bertz CT molecular complexity index is 1130. The van der Waals surface area contributed by atoms with E-state index in [1.165, 1.54) is 6.39 Å². The fourth-order valence-corrected chi connectivity index (χ4v) is 3.90. The van der Waals surface area contributed by atoms with Gasteiger partial charge < -0.3 is 25.1 Å². The van der Waals surface area contributed by atoms with Crippen molar-refractivity contribution in [3.63, 3.8) is 0 Å². The van der Waals surface area contributed by atoms with Gasteiger partial charge >= 0.3 is 0 Å². The first-order chi connectivity index (χ1) is 15.5. The highest BCUT2D eigenvalue weighted by atomic mass is 16.5. The molecule has 8 heteroatoms. The lowest BCUT2D eigenvalue weighted by Gasteiger charge is -2.33. The van der Waals surface area contributed by atoms with Gasteiger partial charge in [0.05, 0.1) is 12.7 Å². The number of oxazole rings is 1. The van der Waals surface area contributed by atoms with Gasteiger partial charge in [0.1, 0.15) is 5.75 Å². The molecule has 0 saturated carbocycles. The van der Waals surface area contributed by atoms with Crippen molar-refractivity contribution in [2.45, 2.75) is 19.8 Å². The molecule has 0 unspecified atom stereocenters. The molecule has 0 aliphatic carbocycles. The summed E-state index contributed by atoms with van der Waals surface area (Å²) in [5.74, 6) is 0.650. The Kier molecular flexibility index (Phi) is 6.11. The molecular weight excluding hydrogens is 408 g/mol. The summed E-state index contributed by atoms with van der Waals surface area (Å²) >= 11 is 0. The van der Waals surface area contributed by atoms with Crippen LogP contribution < -0.4 is 20.7 Å². The van der Waals surface area contributed by atoms with Crippen LogP contribution in [0.1, 0.15) is 40.6 Å². The Balaban J connectivity index is 1.57. The Morgan fingerprint density at radius 1 is 1.19 bits per heavy atom. The van der Waals surface area contributed by atoms with Crippen molar-refractivity contribution in [3.05, 3.63) is 60.1 Å². The molecule has 1 fully saturated rings. The fourth-order valence-electron chi connectivity index (χ4n) is 3.90. The first kappa shape index (κ1) is 21.4. The number of nitrogens with zero attached hydrogens (tertiary/aromatic N) is 2. The van der Waals surface area contributed by atoms with Gasteiger partial charge in [-0.25, -0.2) is 4.98 Å². The number of hydrogen-bond donors (Lipinski definition) is 2. The van der Waals surface area contributed by atoms with Gasteiger partial charge in [-0.1, -0.05) is 19.1 Å². The summed E-state index contributed by atoms with van der Waals surface area (Å²) in [5, 5.41) is 2.80. The third kappa shape index (κ3) is 4.44. The zero-order valence-electron chi connectivity index (χ0n) is 18.1. The zero-order valence-corrected chi connectivity index (χ0v) is 18.1. The smallest absolute Gasteiger partial charge is 0.278 e. The molecule has 0 bridgehead atoms. The second-order valence-electron chi connectivity index (χ2n) is 7.98. The first-order valence-corrected chi connectivity index (χ1v) is 10.5. The van der Waals surface area contributed by atoms with Crippen molar-refractivity contribution >= 4 is 23.2 Å². The number of carbonyl (C=O) groups is 2. The molecule has 0 atom stereocenters. The van der Waals surface area contributed by atoms with Gasteiger partial charge in [0, 0.05) is 30.0 Å². The second-order valence-corrected chi connectivity index (χ2v) is 7.98. The van der Waals surface area contributed by atoms with E-state index >= 15 is 0 Å². The summed E-state index contributed by atoms with van der Waals surface area (Å²) < 4.78 is 10.7. The number of rotatable bonds is 6. The van der Waals surface area contributed by atoms with Gasteiger partial charge in [0.25, 0.3) is 11.8 Å². The van der Waals surface area contributed by atoms with Gasteiger partial charge in [0.2, 0.25) is 0 Å².